The lowest BCUT2D eigenvalue weighted by Gasteiger charge is -2.37. The van der Waals surface area contributed by atoms with Gasteiger partial charge in [-0.15, -0.1) is 0 Å². The maximum absolute atomic E-state index is 4.27. The summed E-state index contributed by atoms with van der Waals surface area (Å²) in [6.07, 6.45) is 3.91. The van der Waals surface area contributed by atoms with Crippen LogP contribution in [0, 0.1) is 5.92 Å². The van der Waals surface area contributed by atoms with Crippen LogP contribution in [0.5, 0.6) is 0 Å². The number of rotatable bonds is 6. The Morgan fingerprint density at radius 3 is 2.65 bits per heavy atom. The van der Waals surface area contributed by atoms with E-state index in [0.717, 1.165) is 32.1 Å². The maximum atomic E-state index is 4.27. The van der Waals surface area contributed by atoms with Gasteiger partial charge in [0, 0.05) is 62.9 Å². The van der Waals surface area contributed by atoms with E-state index >= 15 is 0 Å². The first kappa shape index (κ1) is 15.3. The van der Waals surface area contributed by atoms with Gasteiger partial charge < -0.3 is 10.2 Å². The molecule has 0 saturated carbocycles. The first-order chi connectivity index (χ1) is 9.70. The Hall–Kier alpha value is -1.13. The highest BCUT2D eigenvalue weighted by Gasteiger charge is 2.19. The summed E-state index contributed by atoms with van der Waals surface area (Å²) in [5, 5.41) is 3.40. The Morgan fingerprint density at radius 1 is 1.25 bits per heavy atom. The van der Waals surface area contributed by atoms with Crippen molar-refractivity contribution >= 4 is 5.69 Å². The van der Waals surface area contributed by atoms with Crippen molar-refractivity contribution in [1.82, 2.24) is 15.2 Å². The first-order valence-electron chi connectivity index (χ1n) is 7.81. The van der Waals surface area contributed by atoms with Gasteiger partial charge in [0.05, 0.1) is 0 Å². The van der Waals surface area contributed by atoms with Crippen molar-refractivity contribution < 1.29 is 0 Å². The summed E-state index contributed by atoms with van der Waals surface area (Å²) < 4.78 is 0. The largest absolute Gasteiger partial charge is 0.369 e. The van der Waals surface area contributed by atoms with Crippen LogP contribution in [-0.2, 0) is 6.54 Å². The van der Waals surface area contributed by atoms with E-state index in [1.807, 2.05) is 12.4 Å². The van der Waals surface area contributed by atoms with E-state index in [0.29, 0.717) is 0 Å². The fourth-order valence-corrected chi connectivity index (χ4v) is 2.81. The van der Waals surface area contributed by atoms with Crippen molar-refractivity contribution in [2.45, 2.75) is 27.3 Å². The smallest absolute Gasteiger partial charge is 0.0443 e. The predicted molar refractivity (Wildman–Crippen MR) is 85.1 cm³/mol. The van der Waals surface area contributed by atoms with Crippen LogP contribution in [0.4, 0.5) is 5.69 Å². The number of nitrogens with zero attached hydrogens (tertiary/aromatic N) is 3. The summed E-state index contributed by atoms with van der Waals surface area (Å²) in [6, 6.07) is 2.16. The van der Waals surface area contributed by atoms with Gasteiger partial charge in [-0.05, 0) is 18.5 Å². The lowest BCUT2D eigenvalue weighted by atomic mass is 10.1. The van der Waals surface area contributed by atoms with Gasteiger partial charge in [-0.3, -0.25) is 9.88 Å². The van der Waals surface area contributed by atoms with Gasteiger partial charge in [-0.2, -0.15) is 0 Å². The van der Waals surface area contributed by atoms with Gasteiger partial charge in [0.25, 0.3) is 0 Å². The average molecular weight is 276 g/mol. The summed E-state index contributed by atoms with van der Waals surface area (Å²) in [7, 11) is 0. The quantitative estimate of drug-likeness (QED) is 0.861. The minimum atomic E-state index is 0.756. The lowest BCUT2D eigenvalue weighted by molar-refractivity contribution is 0.231. The molecule has 1 aliphatic rings. The van der Waals surface area contributed by atoms with Crippen LogP contribution in [0.15, 0.2) is 18.5 Å². The van der Waals surface area contributed by atoms with Gasteiger partial charge in [-0.25, -0.2) is 0 Å². The van der Waals surface area contributed by atoms with Gasteiger partial charge in [0.1, 0.15) is 0 Å². The van der Waals surface area contributed by atoms with Crippen LogP contribution in [0.25, 0.3) is 0 Å². The zero-order chi connectivity index (χ0) is 14.4. The van der Waals surface area contributed by atoms with Crippen molar-refractivity contribution in [1.29, 1.82) is 0 Å². The number of pyridine rings is 1. The third-order valence-electron chi connectivity index (χ3n) is 3.78. The van der Waals surface area contributed by atoms with Crippen LogP contribution in [0.3, 0.4) is 0 Å². The highest BCUT2D eigenvalue weighted by Crippen LogP contribution is 2.21. The highest BCUT2D eigenvalue weighted by atomic mass is 15.3. The van der Waals surface area contributed by atoms with Crippen molar-refractivity contribution in [2.75, 3.05) is 44.2 Å². The number of nitrogens with one attached hydrogen (secondary N) is 1. The second kappa shape index (κ2) is 7.60. The molecule has 1 aliphatic heterocycles. The molecule has 1 aromatic rings. The average Bonchev–Trinajstić information content (AvgIpc) is 2.46. The number of hydrogen-bond acceptors (Lipinski definition) is 4. The molecule has 2 rings (SSSR count). The standard InChI is InChI=1S/C16H28N4/c1-4-17-11-15-12-18-6-5-16(15)20-9-7-19(8-10-20)13-14(2)3/h5-6,12,14,17H,4,7-11,13H2,1-3H3. The lowest BCUT2D eigenvalue weighted by Crippen LogP contribution is -2.47. The molecule has 1 saturated heterocycles. The topological polar surface area (TPSA) is 31.4 Å². The van der Waals surface area contributed by atoms with E-state index in [4.69, 9.17) is 0 Å². The molecule has 4 heteroatoms. The predicted octanol–water partition coefficient (Wildman–Crippen LogP) is 1.97. The molecule has 0 bridgehead atoms. The molecule has 0 aromatic carbocycles. The minimum absolute atomic E-state index is 0.756. The normalized spacial score (nSPS) is 16.9. The Kier molecular flexibility index (Phi) is 5.80. The molecule has 0 spiro atoms. The summed E-state index contributed by atoms with van der Waals surface area (Å²) in [6.45, 7) is 14.4. The van der Waals surface area contributed by atoms with Crippen LogP contribution in [0.2, 0.25) is 0 Å². The number of piperazine rings is 1. The molecule has 20 heavy (non-hydrogen) atoms. The van der Waals surface area contributed by atoms with Gasteiger partial charge in [0.2, 0.25) is 0 Å². The third-order valence-corrected chi connectivity index (χ3v) is 3.78. The van der Waals surface area contributed by atoms with Crippen LogP contribution >= 0.6 is 0 Å². The zero-order valence-electron chi connectivity index (χ0n) is 13.1. The van der Waals surface area contributed by atoms with E-state index < -0.39 is 0 Å². The number of anilines is 1. The van der Waals surface area contributed by atoms with Gasteiger partial charge >= 0.3 is 0 Å². The molecule has 0 unspecified atom stereocenters. The van der Waals surface area contributed by atoms with E-state index in [1.165, 1.54) is 30.9 Å². The molecule has 112 valence electrons. The zero-order valence-corrected chi connectivity index (χ0v) is 13.1. The molecule has 1 aromatic heterocycles. The summed E-state index contributed by atoms with van der Waals surface area (Å²) in [4.78, 5) is 9.35. The molecule has 2 heterocycles. The Morgan fingerprint density at radius 2 is 2.00 bits per heavy atom. The Bertz CT molecular complexity index is 397. The first-order valence-corrected chi connectivity index (χ1v) is 7.81. The highest BCUT2D eigenvalue weighted by molar-refractivity contribution is 5.52. The van der Waals surface area contributed by atoms with Gasteiger partial charge in [0.15, 0.2) is 0 Å². The van der Waals surface area contributed by atoms with Crippen LogP contribution in [0.1, 0.15) is 26.3 Å². The fourth-order valence-electron chi connectivity index (χ4n) is 2.81. The third kappa shape index (κ3) is 4.18. The fraction of sp³-hybridized carbons (Fsp3) is 0.688. The summed E-state index contributed by atoms with van der Waals surface area (Å²) in [5.74, 6) is 0.756. The Labute approximate surface area is 123 Å². The summed E-state index contributed by atoms with van der Waals surface area (Å²) in [5.41, 5.74) is 2.66. The molecule has 1 fully saturated rings. The molecule has 1 N–H and O–H groups in total. The Balaban J connectivity index is 1.96. The number of aromatic nitrogens is 1. The van der Waals surface area contributed by atoms with Gasteiger partial charge in [-0.1, -0.05) is 20.8 Å². The van der Waals surface area contributed by atoms with Crippen LogP contribution < -0.4 is 10.2 Å². The molecule has 0 amide bonds. The summed E-state index contributed by atoms with van der Waals surface area (Å²) >= 11 is 0. The SMILES string of the molecule is CCNCc1cnccc1N1CCN(CC(C)C)CC1. The van der Waals surface area contributed by atoms with Crippen molar-refractivity contribution in [3.8, 4) is 0 Å². The molecule has 0 radical (unpaired) electrons. The second-order valence-corrected chi connectivity index (χ2v) is 5.97. The van der Waals surface area contributed by atoms with Crippen molar-refractivity contribution in [2.24, 2.45) is 5.92 Å². The monoisotopic (exact) mass is 276 g/mol. The maximum Gasteiger partial charge on any atom is 0.0443 e. The van der Waals surface area contributed by atoms with Crippen molar-refractivity contribution in [3.05, 3.63) is 24.0 Å². The molecule has 4 nitrogen and oxygen atoms in total. The van der Waals surface area contributed by atoms with Crippen LogP contribution in [-0.4, -0.2) is 49.2 Å². The number of hydrogen-bond donors (Lipinski definition) is 1. The van der Waals surface area contributed by atoms with E-state index in [2.05, 4.69) is 46.9 Å². The van der Waals surface area contributed by atoms with E-state index in [9.17, 15) is 0 Å². The molecule has 0 aliphatic carbocycles. The molecular formula is C16H28N4. The molecule has 0 atom stereocenters. The minimum Gasteiger partial charge on any atom is -0.369 e. The molecular weight excluding hydrogens is 248 g/mol. The van der Waals surface area contributed by atoms with E-state index in [-0.39, 0.29) is 0 Å². The second-order valence-electron chi connectivity index (χ2n) is 5.97. The van der Waals surface area contributed by atoms with Crippen molar-refractivity contribution in [3.63, 3.8) is 0 Å². The van der Waals surface area contributed by atoms with E-state index in [1.54, 1.807) is 0 Å².